The van der Waals surface area contributed by atoms with Crippen LogP contribution in [-0.4, -0.2) is 24.6 Å². The van der Waals surface area contributed by atoms with Gasteiger partial charge in [0.15, 0.2) is 5.58 Å². The number of para-hydroxylation sites is 1. The first kappa shape index (κ1) is 46.4. The van der Waals surface area contributed by atoms with Crippen molar-refractivity contribution < 1.29 is 9.52 Å². The van der Waals surface area contributed by atoms with Gasteiger partial charge in [0.2, 0.25) is 0 Å². The highest BCUT2D eigenvalue weighted by atomic mass is 16.3. The summed E-state index contributed by atoms with van der Waals surface area (Å²) < 4.78 is 9.00. The molecule has 6 nitrogen and oxygen atoms in total. The van der Waals surface area contributed by atoms with E-state index in [9.17, 15) is 5.11 Å². The van der Waals surface area contributed by atoms with Gasteiger partial charge >= 0.3 is 0 Å². The van der Waals surface area contributed by atoms with E-state index in [1.54, 1.807) is 6.33 Å². The van der Waals surface area contributed by atoms with E-state index in [0.29, 0.717) is 17.0 Å². The van der Waals surface area contributed by atoms with E-state index in [4.69, 9.17) is 19.4 Å². The molecule has 0 amide bonds. The number of furan rings is 1. The topological polar surface area (TPSA) is 77.0 Å². The van der Waals surface area contributed by atoms with Crippen LogP contribution in [0.4, 0.5) is 0 Å². The number of fused-ring (bicyclic) bond motifs is 3. The highest BCUT2D eigenvalue weighted by molar-refractivity contribution is 6.07. The van der Waals surface area contributed by atoms with Gasteiger partial charge in [-0.05, 0) is 103 Å². The molecular weight excluding hydrogens is 857 g/mol. The number of aromatic nitrogens is 4. The summed E-state index contributed by atoms with van der Waals surface area (Å²) in [5.74, 6) is 1.66. The van der Waals surface area contributed by atoms with Crippen LogP contribution in [0.15, 0.2) is 156 Å². The molecule has 0 atom stereocenters. The number of nitrogens with zero attached hydrogens (tertiary/aromatic N) is 4. The standard InChI is InChI=1S/C64H64N4O2/c1-61(2,3)37-39-25-27-41(28-26-39)55-36-52-59(70-55)56(66-38-65-52)43-31-42-21-16-17-22-46(42)49(32-43)47-23-18-24-54-57(47)67-60(50-34-45(63(7,8)9)35-51(58(50)69)64(10,11)12)68(54)53-30-29-44(62(4,5)6)33-48(53)40-19-14-13-15-20-40/h13-36,38,69H,37H2,1-12H3. The van der Waals surface area contributed by atoms with Gasteiger partial charge in [0.05, 0.1) is 22.3 Å². The van der Waals surface area contributed by atoms with Crippen molar-refractivity contribution in [2.24, 2.45) is 5.41 Å². The molecule has 0 aliphatic heterocycles. The Kier molecular flexibility index (Phi) is 11.3. The number of phenols is 1. The summed E-state index contributed by atoms with van der Waals surface area (Å²) >= 11 is 0. The van der Waals surface area contributed by atoms with Crippen LogP contribution in [0.1, 0.15) is 105 Å². The van der Waals surface area contributed by atoms with Crippen LogP contribution in [0.3, 0.4) is 0 Å². The van der Waals surface area contributed by atoms with Gasteiger partial charge in [-0.2, -0.15) is 0 Å². The first-order valence-corrected chi connectivity index (χ1v) is 24.6. The molecule has 10 rings (SSSR count). The molecular formula is C64H64N4O2. The fourth-order valence-electron chi connectivity index (χ4n) is 9.87. The summed E-state index contributed by atoms with van der Waals surface area (Å²) in [7, 11) is 0. The zero-order chi connectivity index (χ0) is 49.5. The van der Waals surface area contributed by atoms with Gasteiger partial charge in [-0.25, -0.2) is 15.0 Å². The minimum atomic E-state index is -0.344. The van der Waals surface area contributed by atoms with Crippen LogP contribution in [-0.2, 0) is 22.7 Å². The summed E-state index contributed by atoms with van der Waals surface area (Å²) in [5.41, 5.74) is 15.7. The quantitative estimate of drug-likeness (QED) is 0.172. The Labute approximate surface area is 413 Å². The predicted octanol–water partition coefficient (Wildman–Crippen LogP) is 17.2. The highest BCUT2D eigenvalue weighted by Crippen LogP contribution is 2.47. The van der Waals surface area contributed by atoms with E-state index < -0.39 is 0 Å². The summed E-state index contributed by atoms with van der Waals surface area (Å²) in [5, 5.41) is 14.8. The Morgan fingerprint density at radius 2 is 1.24 bits per heavy atom. The average molecular weight is 921 g/mol. The molecule has 3 aromatic heterocycles. The zero-order valence-electron chi connectivity index (χ0n) is 42.8. The molecule has 70 heavy (non-hydrogen) atoms. The number of phenolic OH excluding ortho intramolecular Hbond substituents is 1. The normalized spacial score (nSPS) is 12.7. The second-order valence-electron chi connectivity index (χ2n) is 23.4. The average Bonchev–Trinajstić information content (AvgIpc) is 3.93. The monoisotopic (exact) mass is 921 g/mol. The van der Waals surface area contributed by atoms with Gasteiger partial charge in [-0.3, -0.25) is 4.57 Å². The van der Waals surface area contributed by atoms with Crippen molar-refractivity contribution >= 4 is 32.9 Å². The fraction of sp³-hybridized carbons (Fsp3) is 0.266. The molecule has 0 saturated heterocycles. The van der Waals surface area contributed by atoms with Crippen molar-refractivity contribution in [1.29, 1.82) is 0 Å². The summed E-state index contributed by atoms with van der Waals surface area (Å²) in [6.07, 6.45) is 2.62. The van der Waals surface area contributed by atoms with E-state index in [1.807, 2.05) is 6.07 Å². The minimum Gasteiger partial charge on any atom is -0.507 e. The first-order valence-electron chi connectivity index (χ1n) is 24.6. The van der Waals surface area contributed by atoms with Crippen molar-refractivity contribution in [1.82, 2.24) is 19.5 Å². The van der Waals surface area contributed by atoms with E-state index in [-0.39, 0.29) is 27.4 Å². The molecule has 0 aliphatic carbocycles. The molecule has 0 radical (unpaired) electrons. The van der Waals surface area contributed by atoms with Crippen molar-refractivity contribution in [3.05, 3.63) is 174 Å². The van der Waals surface area contributed by atoms with Crippen LogP contribution in [0, 0.1) is 5.41 Å². The zero-order valence-corrected chi connectivity index (χ0v) is 42.8. The van der Waals surface area contributed by atoms with Gasteiger partial charge in [0.25, 0.3) is 0 Å². The molecule has 352 valence electrons. The lowest BCUT2D eigenvalue weighted by Crippen LogP contribution is -2.17. The molecule has 0 fully saturated rings. The van der Waals surface area contributed by atoms with Gasteiger partial charge in [0.1, 0.15) is 34.9 Å². The van der Waals surface area contributed by atoms with Crippen LogP contribution in [0.25, 0.3) is 94.8 Å². The maximum atomic E-state index is 12.6. The van der Waals surface area contributed by atoms with Gasteiger partial charge in [-0.15, -0.1) is 0 Å². The van der Waals surface area contributed by atoms with E-state index in [1.165, 1.54) is 11.1 Å². The fourth-order valence-corrected chi connectivity index (χ4v) is 9.87. The van der Waals surface area contributed by atoms with Crippen LogP contribution >= 0.6 is 0 Å². The third-order valence-electron chi connectivity index (χ3n) is 13.6. The van der Waals surface area contributed by atoms with Gasteiger partial charge in [-0.1, -0.05) is 186 Å². The number of aromatic hydroxyl groups is 1. The second-order valence-corrected chi connectivity index (χ2v) is 23.4. The number of benzene rings is 7. The molecule has 10 aromatic rings. The number of hydrogen-bond donors (Lipinski definition) is 1. The van der Waals surface area contributed by atoms with E-state index in [2.05, 4.69) is 227 Å². The largest absolute Gasteiger partial charge is 0.507 e. The van der Waals surface area contributed by atoms with E-state index in [0.717, 1.165) is 95.4 Å². The highest BCUT2D eigenvalue weighted by Gasteiger charge is 2.30. The lowest BCUT2D eigenvalue weighted by molar-refractivity contribution is 0.411. The number of hydrogen-bond acceptors (Lipinski definition) is 5. The van der Waals surface area contributed by atoms with Gasteiger partial charge < -0.3 is 9.52 Å². The van der Waals surface area contributed by atoms with Crippen molar-refractivity contribution in [3.63, 3.8) is 0 Å². The molecule has 1 N–H and O–H groups in total. The Morgan fingerprint density at radius 1 is 0.543 bits per heavy atom. The van der Waals surface area contributed by atoms with Crippen LogP contribution in [0.5, 0.6) is 5.75 Å². The molecule has 0 bridgehead atoms. The molecule has 6 heteroatoms. The maximum absolute atomic E-state index is 12.6. The van der Waals surface area contributed by atoms with Crippen molar-refractivity contribution in [2.45, 2.75) is 106 Å². The second kappa shape index (κ2) is 17.0. The summed E-state index contributed by atoms with van der Waals surface area (Å²) in [4.78, 5) is 15.3. The smallest absolute Gasteiger partial charge is 0.179 e. The first-order chi connectivity index (χ1) is 33.1. The molecule has 3 heterocycles. The van der Waals surface area contributed by atoms with Crippen molar-refractivity contribution in [3.8, 4) is 67.7 Å². The SMILES string of the molecule is CC(C)(C)Cc1ccc(-c2cc3ncnc(-c4cc(-c5cccc6c5nc(-c5cc(C(C)(C)C)cc(C(C)(C)C)c5O)n6-c5ccc(C(C)(C)C)cc5-c5ccccc5)c5ccccc5c4)c3o2)cc1. The predicted molar refractivity (Wildman–Crippen MR) is 292 cm³/mol. The minimum absolute atomic E-state index is 0.0912. The Hall–Kier alpha value is -7.31. The van der Waals surface area contributed by atoms with Gasteiger partial charge in [0, 0.05) is 33.9 Å². The summed E-state index contributed by atoms with van der Waals surface area (Å²) in [6.45, 7) is 26.7. The molecule has 0 spiro atoms. The third kappa shape index (κ3) is 8.70. The number of rotatable bonds is 7. The van der Waals surface area contributed by atoms with Crippen molar-refractivity contribution in [2.75, 3.05) is 0 Å². The lowest BCUT2D eigenvalue weighted by atomic mass is 9.79. The third-order valence-corrected chi connectivity index (χ3v) is 13.6. The Morgan fingerprint density at radius 3 is 1.94 bits per heavy atom. The Bertz CT molecular complexity index is 3600. The summed E-state index contributed by atoms with van der Waals surface area (Å²) in [6, 6.07) is 51.8. The number of imidazole rings is 1. The Balaban J connectivity index is 1.24. The molecule has 7 aromatic carbocycles. The maximum Gasteiger partial charge on any atom is 0.179 e. The molecule has 0 unspecified atom stereocenters. The van der Waals surface area contributed by atoms with Crippen LogP contribution < -0.4 is 0 Å². The lowest BCUT2D eigenvalue weighted by Gasteiger charge is -2.28. The van der Waals surface area contributed by atoms with Crippen LogP contribution in [0.2, 0.25) is 0 Å². The van der Waals surface area contributed by atoms with E-state index >= 15 is 0 Å². The molecule has 0 saturated carbocycles. The molecule has 0 aliphatic rings.